The van der Waals surface area contributed by atoms with E-state index in [0.717, 1.165) is 6.92 Å². The molecule has 22 nitrogen and oxygen atoms in total. The fraction of sp³-hybridized carbons (Fsp3) is 0.750. The number of Topliss-reactive ketones (excluding diaryl/α,β-unsaturated/α-hetero) is 3. The number of nitrogens with zero attached hydrogens (tertiary/aromatic N) is 3. The number of thiol groups is 1. The van der Waals surface area contributed by atoms with E-state index in [1.165, 1.54) is 18.0 Å². The molecule has 364 valence electrons. The number of nitrogens with two attached hydrogens (primary N) is 2. The van der Waals surface area contributed by atoms with Crippen molar-refractivity contribution >= 4 is 61.4 Å². The number of carbonyl (C=O) groups is 7. The normalized spacial score (nSPS) is 17.0. The van der Waals surface area contributed by atoms with Gasteiger partial charge >= 0.3 is 7.82 Å². The van der Waals surface area contributed by atoms with Crippen LogP contribution in [0.1, 0.15) is 78.3 Å². The lowest BCUT2D eigenvalue weighted by molar-refractivity contribution is -0.140. The molecule has 0 aliphatic carbocycles. The van der Waals surface area contributed by atoms with E-state index in [0.29, 0.717) is 44.6 Å². The largest absolute Gasteiger partial charge is 0.469 e. The monoisotopic (exact) mass is 948 g/mol. The Bertz CT molecular complexity index is 1730. The van der Waals surface area contributed by atoms with Gasteiger partial charge in [-0.05, 0) is 52.0 Å². The number of phosphoric ester groups is 1. The lowest BCUT2D eigenvalue weighted by atomic mass is 9.89. The summed E-state index contributed by atoms with van der Waals surface area (Å²) in [6, 6.07) is -4.16. The summed E-state index contributed by atoms with van der Waals surface area (Å²) in [5, 5.41) is 18.2. The summed E-state index contributed by atoms with van der Waals surface area (Å²) in [6.07, 6.45) is 2.35. The Morgan fingerprint density at radius 2 is 1.66 bits per heavy atom. The molecule has 64 heavy (non-hydrogen) atoms. The van der Waals surface area contributed by atoms with Gasteiger partial charge in [-0.15, -0.1) is 0 Å². The zero-order valence-electron chi connectivity index (χ0n) is 37.2. The number of aryl methyl sites for hydroxylation is 1. The smallest absolute Gasteiger partial charge is 0.394 e. The van der Waals surface area contributed by atoms with Gasteiger partial charge in [-0.25, -0.2) is 9.55 Å². The molecule has 1 fully saturated rings. The van der Waals surface area contributed by atoms with Gasteiger partial charge in [0.2, 0.25) is 23.6 Å². The van der Waals surface area contributed by atoms with Gasteiger partial charge in [0.1, 0.15) is 17.9 Å². The van der Waals surface area contributed by atoms with Crippen molar-refractivity contribution in [1.82, 2.24) is 30.4 Å². The molecular weight excluding hydrogens is 880 g/mol. The molecule has 1 saturated heterocycles. The Balaban J connectivity index is 2.16. The van der Waals surface area contributed by atoms with E-state index in [-0.39, 0.29) is 75.7 Å². The zero-order valence-corrected chi connectivity index (χ0v) is 39.0. The van der Waals surface area contributed by atoms with Crippen molar-refractivity contribution in [2.24, 2.45) is 29.2 Å². The maximum Gasteiger partial charge on any atom is 0.469 e. The van der Waals surface area contributed by atoms with Crippen LogP contribution in [0.3, 0.4) is 0 Å². The lowest BCUT2D eigenvalue weighted by Crippen LogP contribution is -2.52. The molecule has 2 heterocycles. The molecule has 1 aromatic heterocycles. The second kappa shape index (κ2) is 29.1. The highest BCUT2D eigenvalue weighted by Gasteiger charge is 2.38. The third-order valence-corrected chi connectivity index (χ3v) is 11.6. The second-order valence-corrected chi connectivity index (χ2v) is 17.8. The molecule has 1 aromatic rings. The van der Waals surface area contributed by atoms with E-state index in [9.17, 15) is 53.0 Å². The van der Waals surface area contributed by atoms with Crippen molar-refractivity contribution in [3.63, 3.8) is 0 Å². The number of hydrogen-bond donors (Lipinski definition) is 9. The van der Waals surface area contributed by atoms with Crippen LogP contribution in [0.25, 0.3) is 0 Å². The first-order valence-electron chi connectivity index (χ1n) is 21.5. The van der Waals surface area contributed by atoms with Gasteiger partial charge in [-0.2, -0.15) is 12.6 Å². The molecule has 2 rings (SSSR count). The Morgan fingerprint density at radius 1 is 0.984 bits per heavy atom. The summed E-state index contributed by atoms with van der Waals surface area (Å²) in [5.74, 6) is -6.19. The summed E-state index contributed by atoms with van der Waals surface area (Å²) < 4.78 is 28.8. The highest BCUT2D eigenvalue weighted by molar-refractivity contribution is 7.80. The Kier molecular flexibility index (Phi) is 25.7. The van der Waals surface area contributed by atoms with E-state index in [1.54, 1.807) is 10.9 Å². The minimum Gasteiger partial charge on any atom is -0.394 e. The minimum absolute atomic E-state index is 0.00140. The van der Waals surface area contributed by atoms with Crippen LogP contribution >= 0.6 is 20.5 Å². The Morgan fingerprint density at radius 3 is 2.27 bits per heavy atom. The number of likely N-dealkylation sites (tertiary alicyclic amines) is 1. The summed E-state index contributed by atoms with van der Waals surface area (Å²) in [5.41, 5.74) is 11.9. The number of ether oxygens (including phenoxy) is 2. The quantitative estimate of drug-likeness (QED) is 0.0227. The van der Waals surface area contributed by atoms with E-state index in [2.05, 4.69) is 38.1 Å². The molecule has 0 aromatic carbocycles. The van der Waals surface area contributed by atoms with Gasteiger partial charge in [0.05, 0.1) is 75.8 Å². The van der Waals surface area contributed by atoms with Crippen molar-refractivity contribution in [3.05, 3.63) is 18.2 Å². The molecule has 0 radical (unpaired) electrons. The van der Waals surface area contributed by atoms with Crippen LogP contribution in [0.5, 0.6) is 0 Å². The van der Waals surface area contributed by atoms with Crippen molar-refractivity contribution < 1.29 is 67.0 Å². The van der Waals surface area contributed by atoms with Crippen LogP contribution < -0.4 is 27.4 Å². The predicted molar refractivity (Wildman–Crippen MR) is 235 cm³/mol. The molecule has 0 unspecified atom stereocenters. The van der Waals surface area contributed by atoms with Gasteiger partial charge in [-0.3, -0.25) is 38.1 Å². The average molecular weight is 949 g/mol. The van der Waals surface area contributed by atoms with Crippen LogP contribution in [0.2, 0.25) is 0 Å². The fourth-order valence-electron chi connectivity index (χ4n) is 7.12. The van der Waals surface area contributed by atoms with E-state index in [4.69, 9.17) is 20.9 Å². The number of carbonyl (C=O) groups excluding carboxylic acids is 7. The van der Waals surface area contributed by atoms with Crippen LogP contribution in [-0.2, 0) is 65.1 Å². The molecule has 1 aliphatic rings. The number of phosphoric acid groups is 1. The van der Waals surface area contributed by atoms with Crippen LogP contribution in [0.4, 0.5) is 0 Å². The summed E-state index contributed by atoms with van der Waals surface area (Å²) in [4.78, 5) is 117. The average Bonchev–Trinajstić information content (AvgIpc) is 3.91. The highest BCUT2D eigenvalue weighted by atomic mass is 32.1. The van der Waals surface area contributed by atoms with Crippen molar-refractivity contribution in [3.8, 4) is 0 Å². The third-order valence-electron chi connectivity index (χ3n) is 10.6. The number of aliphatic hydroxyl groups excluding tert-OH is 1. The van der Waals surface area contributed by atoms with Crippen LogP contribution in [0.15, 0.2) is 12.5 Å². The van der Waals surface area contributed by atoms with Gasteiger partial charge in [0.25, 0.3) is 0 Å². The molecule has 7 atom stereocenters. The predicted octanol–water partition coefficient (Wildman–Crippen LogP) is -1.19. The third kappa shape index (κ3) is 20.3. The van der Waals surface area contributed by atoms with E-state index < -0.39 is 98.5 Å². The number of aromatic nitrogens is 2. The van der Waals surface area contributed by atoms with Crippen LogP contribution in [0, 0.1) is 17.8 Å². The standard InChI is InChI=1S/C40H69N8O14PS/c1-25(2)17-32(45-40(56)34-7-5-12-48(34)37(53)8-13-60-15-16-61-14-10-44-39(55)31(42)23-64)35(51)19-28(18-29-21-43-24-47(29)11-6-9-41)38(54)46-33(22-49)36(52)20-30(26(3)50)27(4)62-63(57,58)59/h21,24-25,27-28,30-34,49,64H,5-20,22-23,41-42H2,1-4H3,(H,44,55)(H,45,56)(H,46,54)(H2,57,58,59)/t27-,28-,30-,31+,32+,33+,34+/m1/s1. The van der Waals surface area contributed by atoms with E-state index >= 15 is 0 Å². The first-order valence-corrected chi connectivity index (χ1v) is 23.7. The van der Waals surface area contributed by atoms with Gasteiger partial charge in [0.15, 0.2) is 11.6 Å². The lowest BCUT2D eigenvalue weighted by Gasteiger charge is -2.28. The molecule has 4 amide bonds. The fourth-order valence-corrected chi connectivity index (χ4v) is 7.86. The molecule has 1 aliphatic heterocycles. The van der Waals surface area contributed by atoms with Gasteiger partial charge < -0.3 is 61.3 Å². The number of rotatable bonds is 33. The van der Waals surface area contributed by atoms with Gasteiger partial charge in [-0.1, -0.05) is 13.8 Å². The number of nitrogens with one attached hydrogen (secondary N) is 3. The molecular formula is C40H69N8O14PS. The molecule has 0 bridgehead atoms. The molecule has 10 N–H and O–H groups in total. The number of hydrogen-bond acceptors (Lipinski definition) is 16. The molecule has 0 spiro atoms. The second-order valence-electron chi connectivity index (χ2n) is 16.2. The summed E-state index contributed by atoms with van der Waals surface area (Å²) >= 11 is 3.98. The maximum atomic E-state index is 14.2. The summed E-state index contributed by atoms with van der Waals surface area (Å²) in [7, 11) is -5.03. The molecule has 0 saturated carbocycles. The molecule has 24 heteroatoms. The van der Waals surface area contributed by atoms with Crippen LogP contribution in [-0.4, -0.2) is 159 Å². The van der Waals surface area contributed by atoms with E-state index in [1.807, 2.05) is 13.8 Å². The maximum absolute atomic E-state index is 14.2. The topological polar surface area (TPSA) is 334 Å². The van der Waals surface area contributed by atoms with Crippen molar-refractivity contribution in [2.75, 3.05) is 58.4 Å². The first kappa shape index (κ1) is 56.5. The number of amides is 4. The minimum atomic E-state index is -5.03. The Hall–Kier alpha value is -3.64. The zero-order chi connectivity index (χ0) is 48.0. The first-order chi connectivity index (χ1) is 30.2. The van der Waals surface area contributed by atoms with Crippen molar-refractivity contribution in [1.29, 1.82) is 0 Å². The number of ketones is 3. The number of imidazole rings is 1. The van der Waals surface area contributed by atoms with Crippen molar-refractivity contribution in [2.45, 2.75) is 116 Å². The highest BCUT2D eigenvalue weighted by Crippen LogP contribution is 2.39. The summed E-state index contributed by atoms with van der Waals surface area (Å²) in [6.45, 7) is 7.33. The number of aliphatic hydroxyl groups is 1. The SMILES string of the molecule is CC(=O)[C@@H](CC(=O)[C@H](CO)NC(=O)[C@@H](CC(=O)[C@H](CC(C)C)NC(=O)[C@@H]1CCCN1C(=O)CCOCCOCCNC(=O)[C@@H](N)CS)Cc1cncn1CCCN)[C@@H](C)OP(=O)(O)O. The Labute approximate surface area is 379 Å². The van der Waals surface area contributed by atoms with Gasteiger partial charge in [0, 0.05) is 56.5 Å².